The number of thiophene rings is 2. The van der Waals surface area contributed by atoms with Crippen LogP contribution in [0.2, 0.25) is 0 Å². The summed E-state index contributed by atoms with van der Waals surface area (Å²) >= 11 is 3.12. The number of carbonyl (C=O) groups excluding carboxylic acids is 2. The summed E-state index contributed by atoms with van der Waals surface area (Å²) in [4.78, 5) is 29.3. The van der Waals surface area contributed by atoms with Gasteiger partial charge in [0.15, 0.2) is 0 Å². The minimum Gasteiger partial charge on any atom is -0.328 e. The SMILES string of the molecule is CCN1C(=O)c2ccc(C(=O)N(Cc3cccs3)Cc3cccs3)cc2S1(=O)=O. The number of carbonyl (C=O) groups is 2. The molecule has 9 heteroatoms. The topological polar surface area (TPSA) is 74.8 Å². The van der Waals surface area contributed by atoms with Gasteiger partial charge in [-0.1, -0.05) is 12.1 Å². The van der Waals surface area contributed by atoms with E-state index in [9.17, 15) is 18.0 Å². The normalized spacial score (nSPS) is 14.8. The van der Waals surface area contributed by atoms with Gasteiger partial charge in [0.25, 0.3) is 21.8 Å². The van der Waals surface area contributed by atoms with Crippen LogP contribution in [0, 0.1) is 0 Å². The minimum atomic E-state index is -3.91. The van der Waals surface area contributed by atoms with Crippen LogP contribution in [0.5, 0.6) is 0 Å². The van der Waals surface area contributed by atoms with Crippen molar-refractivity contribution in [3.63, 3.8) is 0 Å². The van der Waals surface area contributed by atoms with E-state index in [0.29, 0.717) is 13.1 Å². The van der Waals surface area contributed by atoms with Crippen molar-refractivity contribution in [1.82, 2.24) is 9.21 Å². The standard InChI is InChI=1S/C20H18N2O4S3/c1-2-22-20(24)17-8-7-14(11-18(17)29(22,25)26)19(23)21(12-15-5-3-9-27-15)13-16-6-4-10-28-16/h3-11H,2,12-13H2,1H3. The molecule has 0 saturated heterocycles. The van der Waals surface area contributed by atoms with Crippen molar-refractivity contribution in [1.29, 1.82) is 0 Å². The molecule has 0 saturated carbocycles. The maximum Gasteiger partial charge on any atom is 0.268 e. The molecular formula is C20H18N2O4S3. The van der Waals surface area contributed by atoms with Crippen LogP contribution in [-0.4, -0.2) is 36.0 Å². The first-order chi connectivity index (χ1) is 13.9. The number of amides is 2. The molecule has 0 fully saturated rings. The Labute approximate surface area is 177 Å². The molecule has 1 aliphatic rings. The van der Waals surface area contributed by atoms with Crippen molar-refractivity contribution in [2.24, 2.45) is 0 Å². The first-order valence-corrected chi connectivity index (χ1v) is 12.2. The summed E-state index contributed by atoms with van der Waals surface area (Å²) in [5.41, 5.74) is 0.373. The van der Waals surface area contributed by atoms with E-state index in [1.165, 1.54) is 18.2 Å². The third-order valence-electron chi connectivity index (χ3n) is 4.68. The molecule has 0 N–H and O–H groups in total. The third kappa shape index (κ3) is 3.61. The fourth-order valence-electron chi connectivity index (χ4n) is 3.28. The zero-order valence-corrected chi connectivity index (χ0v) is 18.0. The molecule has 29 heavy (non-hydrogen) atoms. The van der Waals surface area contributed by atoms with E-state index in [-0.39, 0.29) is 28.5 Å². The molecule has 0 bridgehead atoms. The summed E-state index contributed by atoms with van der Waals surface area (Å²) in [7, 11) is -3.91. The molecule has 0 atom stereocenters. The quantitative estimate of drug-likeness (QED) is 0.577. The van der Waals surface area contributed by atoms with Crippen LogP contribution in [0.25, 0.3) is 0 Å². The number of hydrogen-bond donors (Lipinski definition) is 0. The minimum absolute atomic E-state index is 0.0575. The Morgan fingerprint density at radius 3 is 2.17 bits per heavy atom. The largest absolute Gasteiger partial charge is 0.328 e. The van der Waals surface area contributed by atoms with Gasteiger partial charge in [-0.3, -0.25) is 9.59 Å². The smallest absolute Gasteiger partial charge is 0.268 e. The van der Waals surface area contributed by atoms with Gasteiger partial charge >= 0.3 is 0 Å². The van der Waals surface area contributed by atoms with Crippen LogP contribution in [0.4, 0.5) is 0 Å². The molecule has 4 rings (SSSR count). The molecule has 1 aromatic carbocycles. The van der Waals surface area contributed by atoms with Crippen LogP contribution in [0.3, 0.4) is 0 Å². The highest BCUT2D eigenvalue weighted by atomic mass is 32.2. The molecule has 0 spiro atoms. The number of nitrogens with zero attached hydrogens (tertiary/aromatic N) is 2. The summed E-state index contributed by atoms with van der Waals surface area (Å²) in [6, 6.07) is 12.1. The number of fused-ring (bicyclic) bond motifs is 1. The van der Waals surface area contributed by atoms with Gasteiger partial charge in [0.05, 0.1) is 18.7 Å². The Morgan fingerprint density at radius 2 is 1.66 bits per heavy atom. The van der Waals surface area contributed by atoms with Crippen LogP contribution in [0.1, 0.15) is 37.4 Å². The lowest BCUT2D eigenvalue weighted by atomic mass is 10.1. The Kier molecular flexibility index (Phi) is 5.28. The molecule has 6 nitrogen and oxygen atoms in total. The zero-order valence-electron chi connectivity index (χ0n) is 15.6. The van der Waals surface area contributed by atoms with Crippen LogP contribution < -0.4 is 0 Å². The number of sulfonamides is 1. The molecule has 3 aromatic rings. The Balaban J connectivity index is 1.69. The van der Waals surface area contributed by atoms with Crippen molar-refractivity contribution in [2.45, 2.75) is 24.9 Å². The first-order valence-electron chi connectivity index (χ1n) is 8.97. The molecule has 150 valence electrons. The molecule has 0 aliphatic carbocycles. The Hall–Kier alpha value is -2.49. The average Bonchev–Trinajstić information content (AvgIpc) is 3.43. The van der Waals surface area contributed by atoms with Gasteiger partial charge in [-0.2, -0.15) is 0 Å². The first kappa shape index (κ1) is 19.8. The molecule has 0 radical (unpaired) electrons. The second-order valence-corrected chi connectivity index (χ2v) is 10.4. The van der Waals surface area contributed by atoms with E-state index < -0.39 is 15.9 Å². The molecular weight excluding hydrogens is 428 g/mol. The van der Waals surface area contributed by atoms with Crippen molar-refractivity contribution < 1.29 is 18.0 Å². The summed E-state index contributed by atoms with van der Waals surface area (Å²) in [6.45, 7) is 2.52. The summed E-state index contributed by atoms with van der Waals surface area (Å²) in [5.74, 6) is -0.817. The van der Waals surface area contributed by atoms with Gasteiger partial charge in [0.1, 0.15) is 4.90 Å². The maximum atomic E-state index is 13.3. The lowest BCUT2D eigenvalue weighted by Crippen LogP contribution is -2.30. The molecule has 2 amide bonds. The van der Waals surface area contributed by atoms with Crippen LogP contribution in [0.15, 0.2) is 58.1 Å². The predicted octanol–water partition coefficient (Wildman–Crippen LogP) is 3.82. The second-order valence-electron chi connectivity index (χ2n) is 6.51. The van der Waals surface area contributed by atoms with Crippen molar-refractivity contribution >= 4 is 44.5 Å². The van der Waals surface area contributed by atoms with E-state index in [1.54, 1.807) is 34.5 Å². The van der Waals surface area contributed by atoms with E-state index in [2.05, 4.69) is 0 Å². The summed E-state index contributed by atoms with van der Waals surface area (Å²) in [5, 5.41) is 3.91. The van der Waals surface area contributed by atoms with Gasteiger partial charge in [0, 0.05) is 21.9 Å². The van der Waals surface area contributed by atoms with Gasteiger partial charge < -0.3 is 4.90 Å². The van der Waals surface area contributed by atoms with Gasteiger partial charge in [-0.15, -0.1) is 22.7 Å². The van der Waals surface area contributed by atoms with Gasteiger partial charge in [-0.25, -0.2) is 12.7 Å². The molecule has 1 aliphatic heterocycles. The molecule has 2 aromatic heterocycles. The van der Waals surface area contributed by atoms with E-state index in [0.717, 1.165) is 14.1 Å². The van der Waals surface area contributed by atoms with E-state index >= 15 is 0 Å². The highest BCUT2D eigenvalue weighted by molar-refractivity contribution is 7.90. The van der Waals surface area contributed by atoms with Gasteiger partial charge in [0.2, 0.25) is 0 Å². The maximum absolute atomic E-state index is 13.3. The van der Waals surface area contributed by atoms with Crippen molar-refractivity contribution in [2.75, 3.05) is 6.54 Å². The van der Waals surface area contributed by atoms with Crippen LogP contribution >= 0.6 is 22.7 Å². The number of benzene rings is 1. The zero-order chi connectivity index (χ0) is 20.6. The Bertz CT molecular complexity index is 1120. The summed E-state index contributed by atoms with van der Waals surface area (Å²) < 4.78 is 26.2. The van der Waals surface area contributed by atoms with Crippen molar-refractivity contribution in [3.8, 4) is 0 Å². The van der Waals surface area contributed by atoms with Crippen LogP contribution in [-0.2, 0) is 23.1 Å². The lowest BCUT2D eigenvalue weighted by molar-refractivity contribution is 0.0732. The Morgan fingerprint density at radius 1 is 1.03 bits per heavy atom. The monoisotopic (exact) mass is 446 g/mol. The van der Waals surface area contributed by atoms with E-state index in [1.807, 2.05) is 35.0 Å². The predicted molar refractivity (Wildman–Crippen MR) is 113 cm³/mol. The highest BCUT2D eigenvalue weighted by Crippen LogP contribution is 2.31. The second kappa shape index (κ2) is 7.74. The lowest BCUT2D eigenvalue weighted by Gasteiger charge is -2.22. The average molecular weight is 447 g/mol. The fraction of sp³-hybridized carbons (Fsp3) is 0.200. The van der Waals surface area contributed by atoms with Crippen molar-refractivity contribution in [3.05, 3.63) is 74.1 Å². The summed E-state index contributed by atoms with van der Waals surface area (Å²) in [6.07, 6.45) is 0. The number of rotatable bonds is 6. The molecule has 3 heterocycles. The molecule has 0 unspecified atom stereocenters. The number of hydrogen-bond acceptors (Lipinski definition) is 6. The van der Waals surface area contributed by atoms with E-state index in [4.69, 9.17) is 0 Å². The van der Waals surface area contributed by atoms with Gasteiger partial charge in [-0.05, 0) is 48.0 Å². The fourth-order valence-corrected chi connectivity index (χ4v) is 6.33. The third-order valence-corrected chi connectivity index (χ3v) is 8.30. The highest BCUT2D eigenvalue weighted by Gasteiger charge is 2.40.